The molecule has 0 unspecified atom stereocenters. The molecule has 1 amide bonds. The summed E-state index contributed by atoms with van der Waals surface area (Å²) in [6.45, 7) is 0.480. The van der Waals surface area contributed by atoms with Crippen LogP contribution in [0.1, 0.15) is 23.1 Å². The maximum absolute atomic E-state index is 12.8. The van der Waals surface area contributed by atoms with Crippen molar-refractivity contribution in [2.24, 2.45) is 0 Å². The summed E-state index contributed by atoms with van der Waals surface area (Å²) in [7, 11) is 0. The molecule has 0 aromatic heterocycles. The standard InChI is InChI=1S/C18H20FNO2S/c19-17-7-5-14(6-8-17)11-20-18(22)9-10-23-13-16-3-1-15(12-21)2-4-16/h1-8,21H,9-13H2,(H,20,22). The van der Waals surface area contributed by atoms with Crippen molar-refractivity contribution >= 4 is 17.7 Å². The van der Waals surface area contributed by atoms with Gasteiger partial charge in [0.25, 0.3) is 0 Å². The molecule has 0 radical (unpaired) electrons. The summed E-state index contributed by atoms with van der Waals surface area (Å²) in [6.07, 6.45) is 0.459. The highest BCUT2D eigenvalue weighted by Crippen LogP contribution is 2.14. The number of carbonyl (C=O) groups excluding carboxylic acids is 1. The van der Waals surface area contributed by atoms with Gasteiger partial charge in [0, 0.05) is 24.5 Å². The van der Waals surface area contributed by atoms with Crippen LogP contribution in [0.15, 0.2) is 48.5 Å². The predicted molar refractivity (Wildman–Crippen MR) is 91.4 cm³/mol. The van der Waals surface area contributed by atoms with Crippen molar-refractivity contribution in [3.8, 4) is 0 Å². The van der Waals surface area contributed by atoms with E-state index in [4.69, 9.17) is 5.11 Å². The first kappa shape index (κ1) is 17.5. The Morgan fingerprint density at radius 2 is 1.61 bits per heavy atom. The van der Waals surface area contributed by atoms with E-state index in [0.29, 0.717) is 13.0 Å². The topological polar surface area (TPSA) is 49.3 Å². The first-order valence-electron chi connectivity index (χ1n) is 7.45. The molecule has 0 atom stereocenters. The van der Waals surface area contributed by atoms with Gasteiger partial charge in [0.15, 0.2) is 0 Å². The van der Waals surface area contributed by atoms with E-state index in [-0.39, 0.29) is 18.3 Å². The Bertz CT molecular complexity index is 614. The van der Waals surface area contributed by atoms with Crippen molar-refractivity contribution in [1.29, 1.82) is 0 Å². The van der Waals surface area contributed by atoms with E-state index in [0.717, 1.165) is 22.6 Å². The number of rotatable bonds is 8. The van der Waals surface area contributed by atoms with Crippen molar-refractivity contribution < 1.29 is 14.3 Å². The molecule has 0 aliphatic heterocycles. The third-order valence-electron chi connectivity index (χ3n) is 3.35. The maximum Gasteiger partial charge on any atom is 0.221 e. The van der Waals surface area contributed by atoms with Crippen LogP contribution in [0.3, 0.4) is 0 Å². The number of aliphatic hydroxyl groups excluding tert-OH is 1. The zero-order chi connectivity index (χ0) is 16.5. The molecule has 2 rings (SSSR count). The second-order valence-electron chi connectivity index (χ2n) is 5.18. The monoisotopic (exact) mass is 333 g/mol. The number of halogens is 1. The summed E-state index contributed by atoms with van der Waals surface area (Å²) < 4.78 is 12.8. The Morgan fingerprint density at radius 3 is 2.26 bits per heavy atom. The lowest BCUT2D eigenvalue weighted by Crippen LogP contribution is -2.23. The molecule has 3 nitrogen and oxygen atoms in total. The van der Waals surface area contributed by atoms with E-state index in [9.17, 15) is 9.18 Å². The second-order valence-corrected chi connectivity index (χ2v) is 6.29. The fraction of sp³-hybridized carbons (Fsp3) is 0.278. The molecule has 0 aliphatic carbocycles. The van der Waals surface area contributed by atoms with Crippen LogP contribution in [0.2, 0.25) is 0 Å². The van der Waals surface area contributed by atoms with Gasteiger partial charge < -0.3 is 10.4 Å². The van der Waals surface area contributed by atoms with Crippen LogP contribution in [-0.2, 0) is 23.7 Å². The fourth-order valence-electron chi connectivity index (χ4n) is 1.99. The quantitative estimate of drug-likeness (QED) is 0.729. The molecule has 0 heterocycles. The van der Waals surface area contributed by atoms with Gasteiger partial charge in [0.1, 0.15) is 5.82 Å². The summed E-state index contributed by atoms with van der Waals surface area (Å²) in [4.78, 5) is 11.8. The lowest BCUT2D eigenvalue weighted by molar-refractivity contribution is -0.120. The van der Waals surface area contributed by atoms with Gasteiger partial charge in [-0.1, -0.05) is 36.4 Å². The van der Waals surface area contributed by atoms with Gasteiger partial charge in [-0.15, -0.1) is 0 Å². The molecule has 0 fully saturated rings. The average Bonchev–Trinajstić information content (AvgIpc) is 2.59. The van der Waals surface area contributed by atoms with E-state index < -0.39 is 0 Å². The first-order valence-corrected chi connectivity index (χ1v) is 8.60. The predicted octanol–water partition coefficient (Wildman–Crippen LogP) is 3.26. The van der Waals surface area contributed by atoms with Crippen molar-refractivity contribution in [2.75, 3.05) is 5.75 Å². The molecule has 2 aromatic rings. The van der Waals surface area contributed by atoms with Crippen LogP contribution in [0.4, 0.5) is 4.39 Å². The van der Waals surface area contributed by atoms with E-state index in [1.165, 1.54) is 17.7 Å². The summed E-state index contributed by atoms with van der Waals surface area (Å²) in [5.41, 5.74) is 2.97. The fourth-order valence-corrected chi connectivity index (χ4v) is 2.89. The number of benzene rings is 2. The van der Waals surface area contributed by atoms with Gasteiger partial charge in [-0.3, -0.25) is 4.79 Å². The molecule has 0 bridgehead atoms. The summed E-state index contributed by atoms with van der Waals surface area (Å²) in [6, 6.07) is 13.9. The molecule has 0 aliphatic rings. The van der Waals surface area contributed by atoms with Crippen LogP contribution < -0.4 is 5.32 Å². The number of carbonyl (C=O) groups is 1. The van der Waals surface area contributed by atoms with E-state index in [2.05, 4.69) is 5.32 Å². The van der Waals surface area contributed by atoms with E-state index in [1.807, 2.05) is 24.3 Å². The van der Waals surface area contributed by atoms with Crippen LogP contribution in [-0.4, -0.2) is 16.8 Å². The van der Waals surface area contributed by atoms with Gasteiger partial charge in [0.2, 0.25) is 5.91 Å². The van der Waals surface area contributed by atoms with Gasteiger partial charge in [-0.25, -0.2) is 4.39 Å². The number of thioether (sulfide) groups is 1. The zero-order valence-corrected chi connectivity index (χ0v) is 13.6. The average molecular weight is 333 g/mol. The van der Waals surface area contributed by atoms with Gasteiger partial charge in [-0.05, 0) is 28.8 Å². The smallest absolute Gasteiger partial charge is 0.221 e. The van der Waals surface area contributed by atoms with Crippen LogP contribution in [0.25, 0.3) is 0 Å². The molecular weight excluding hydrogens is 313 g/mol. The number of nitrogens with one attached hydrogen (secondary N) is 1. The number of aliphatic hydroxyl groups is 1. The molecule has 2 aromatic carbocycles. The Labute approximate surface area is 139 Å². The molecule has 0 saturated carbocycles. The number of amides is 1. The van der Waals surface area contributed by atoms with Crippen molar-refractivity contribution in [3.05, 3.63) is 71.0 Å². The molecule has 0 spiro atoms. The minimum Gasteiger partial charge on any atom is -0.392 e. The second kappa shape index (κ2) is 9.33. The molecule has 5 heteroatoms. The lowest BCUT2D eigenvalue weighted by atomic mass is 10.2. The third kappa shape index (κ3) is 6.42. The SMILES string of the molecule is O=C(CCSCc1ccc(CO)cc1)NCc1ccc(F)cc1. The Balaban J connectivity index is 1.61. The zero-order valence-electron chi connectivity index (χ0n) is 12.8. The highest BCUT2D eigenvalue weighted by atomic mass is 32.2. The summed E-state index contributed by atoms with van der Waals surface area (Å²) >= 11 is 1.70. The Kier molecular flexibility index (Phi) is 7.10. The van der Waals surface area contributed by atoms with E-state index in [1.54, 1.807) is 23.9 Å². The third-order valence-corrected chi connectivity index (χ3v) is 4.38. The van der Waals surface area contributed by atoms with Crippen molar-refractivity contribution in [2.45, 2.75) is 25.3 Å². The first-order chi connectivity index (χ1) is 11.2. The summed E-state index contributed by atoms with van der Waals surface area (Å²) in [5.74, 6) is 1.31. The Hall–Kier alpha value is -1.85. The number of hydrogen-bond acceptors (Lipinski definition) is 3. The van der Waals surface area contributed by atoms with Crippen LogP contribution in [0.5, 0.6) is 0 Å². The lowest BCUT2D eigenvalue weighted by Gasteiger charge is -2.06. The van der Waals surface area contributed by atoms with Gasteiger partial charge >= 0.3 is 0 Å². The van der Waals surface area contributed by atoms with Crippen LogP contribution >= 0.6 is 11.8 Å². The van der Waals surface area contributed by atoms with Crippen molar-refractivity contribution in [3.63, 3.8) is 0 Å². The largest absolute Gasteiger partial charge is 0.392 e. The van der Waals surface area contributed by atoms with Crippen LogP contribution in [0, 0.1) is 5.82 Å². The Morgan fingerprint density at radius 1 is 1.00 bits per heavy atom. The minimum atomic E-state index is -0.275. The highest BCUT2D eigenvalue weighted by Gasteiger charge is 2.02. The number of hydrogen-bond donors (Lipinski definition) is 2. The molecular formula is C18H20FNO2S. The maximum atomic E-state index is 12.8. The van der Waals surface area contributed by atoms with E-state index >= 15 is 0 Å². The molecule has 23 heavy (non-hydrogen) atoms. The molecule has 2 N–H and O–H groups in total. The van der Waals surface area contributed by atoms with Gasteiger partial charge in [0.05, 0.1) is 6.61 Å². The molecule has 122 valence electrons. The van der Waals surface area contributed by atoms with Gasteiger partial charge in [-0.2, -0.15) is 11.8 Å². The minimum absolute atomic E-state index is 0.00236. The summed E-state index contributed by atoms with van der Waals surface area (Å²) in [5, 5.41) is 11.8. The molecule has 0 saturated heterocycles. The highest BCUT2D eigenvalue weighted by molar-refractivity contribution is 7.98. The van der Waals surface area contributed by atoms with Crippen molar-refractivity contribution in [1.82, 2.24) is 5.32 Å². The normalized spacial score (nSPS) is 10.5.